The van der Waals surface area contributed by atoms with Gasteiger partial charge in [-0.05, 0) is 179 Å². The number of aromatic nitrogens is 8. The van der Waals surface area contributed by atoms with Crippen molar-refractivity contribution in [1.82, 2.24) is 40.4 Å². The Bertz CT molecular complexity index is 5430. The maximum Gasteiger partial charge on any atom is 0.439 e. The standard InChI is InChI=1S/2C22H15F3N4O4S.C21H14F3N3O4S2/c23-22(24,25)17-5-1-13(2-6-17)14-3-7-18-15(11-14)9-10-29(18)34(31,32)19-8-4-16(12-26-19)20-27-21(30)33-28-20;23-22(24,25)16-4-1-13(2-5-16)14-3-8-19-15(11-14)9-10-29(19)34(31,32)17-6-7-18(26-12-17)20-27-21(30)33-28-20;22-21(23,24)15-4-1-12(2-5-15)13-3-6-16-14(11-13)9-10-27(16)33(29,30)18-8-7-17(32-18)19-25-20(28)31-26-19/h2*1-8,11-12H,9-10H2,(H,27,28,30);1-8,11H,9-10H2,(H,25,26,28). The lowest BCUT2D eigenvalue weighted by molar-refractivity contribution is -0.138. The van der Waals surface area contributed by atoms with Gasteiger partial charge in [0.1, 0.15) is 14.8 Å². The summed E-state index contributed by atoms with van der Waals surface area (Å²) in [5, 5.41) is 10.4. The molecule has 15 rings (SSSR count). The first-order chi connectivity index (χ1) is 47.9. The lowest BCUT2D eigenvalue weighted by Gasteiger charge is -2.19. The highest BCUT2D eigenvalue weighted by molar-refractivity contribution is 7.95. The number of halogens is 9. The van der Waals surface area contributed by atoms with Crippen LogP contribution < -0.4 is 30.2 Å². The Balaban J connectivity index is 0.000000135. The molecule has 6 aromatic heterocycles. The van der Waals surface area contributed by atoms with Gasteiger partial charge >= 0.3 is 35.8 Å². The second-order valence-electron chi connectivity index (χ2n) is 22.5. The molecule has 6 aromatic carbocycles. The highest BCUT2D eigenvalue weighted by Gasteiger charge is 2.37. The first-order valence-electron chi connectivity index (χ1n) is 29.6. The number of anilines is 3. The molecule has 518 valence electrons. The van der Waals surface area contributed by atoms with E-state index in [9.17, 15) is 79.2 Å². The van der Waals surface area contributed by atoms with E-state index in [0.717, 1.165) is 64.4 Å². The van der Waals surface area contributed by atoms with Crippen LogP contribution in [-0.2, 0) is 67.9 Å². The minimum absolute atomic E-state index is 0.0400. The summed E-state index contributed by atoms with van der Waals surface area (Å²) in [6, 6.07) is 38.4. The molecule has 0 atom stereocenters. The summed E-state index contributed by atoms with van der Waals surface area (Å²) in [4.78, 5) is 48.9. The number of hydrogen-bond donors (Lipinski definition) is 3. The molecule has 0 fully saturated rings. The molecule has 0 saturated carbocycles. The van der Waals surface area contributed by atoms with Crippen molar-refractivity contribution in [3.63, 3.8) is 0 Å². The van der Waals surface area contributed by atoms with Gasteiger partial charge in [0.25, 0.3) is 30.1 Å². The zero-order valence-corrected chi connectivity index (χ0v) is 54.3. The van der Waals surface area contributed by atoms with Gasteiger partial charge in [-0.1, -0.05) is 70.1 Å². The van der Waals surface area contributed by atoms with Gasteiger partial charge in [-0.15, -0.1) is 11.3 Å². The van der Waals surface area contributed by atoms with Crippen LogP contribution >= 0.6 is 11.3 Å². The molecule has 0 unspecified atom stereocenters. The van der Waals surface area contributed by atoms with Crippen molar-refractivity contribution in [2.45, 2.75) is 51.9 Å². The van der Waals surface area contributed by atoms with Gasteiger partial charge in [-0.25, -0.2) is 36.2 Å². The second-order valence-corrected chi connectivity index (χ2v) is 29.3. The fourth-order valence-corrected chi connectivity index (χ4v) is 17.0. The number of fused-ring (bicyclic) bond motifs is 3. The van der Waals surface area contributed by atoms with E-state index in [4.69, 9.17) is 0 Å². The van der Waals surface area contributed by atoms with E-state index in [2.05, 4.69) is 54.0 Å². The quantitative estimate of drug-likeness (QED) is 0.0957. The number of sulfonamides is 3. The third kappa shape index (κ3) is 14.0. The zero-order valence-electron chi connectivity index (χ0n) is 51.0. The molecule has 36 heteroatoms. The molecule has 0 spiro atoms. The van der Waals surface area contributed by atoms with Crippen LogP contribution in [0.3, 0.4) is 0 Å². The number of thiophene rings is 1. The average Bonchev–Trinajstić information content (AvgIpc) is 1.67. The van der Waals surface area contributed by atoms with Crippen LogP contribution in [0.15, 0.2) is 218 Å². The van der Waals surface area contributed by atoms with Crippen molar-refractivity contribution >= 4 is 58.5 Å². The molecule has 0 aliphatic carbocycles. The van der Waals surface area contributed by atoms with Crippen LogP contribution in [0.5, 0.6) is 0 Å². The molecule has 3 aliphatic rings. The molecule has 23 nitrogen and oxygen atoms in total. The second kappa shape index (κ2) is 26.1. The molecular formula is C65H44F9N11O12S4. The van der Waals surface area contributed by atoms with Gasteiger partial charge < -0.3 is 0 Å². The summed E-state index contributed by atoms with van der Waals surface area (Å²) < 4.78 is 212. The van der Waals surface area contributed by atoms with E-state index in [1.54, 1.807) is 54.6 Å². The number of hydrogen-bond acceptors (Lipinski definition) is 18. The van der Waals surface area contributed by atoms with E-state index in [-0.39, 0.29) is 56.9 Å². The molecule has 3 aliphatic heterocycles. The van der Waals surface area contributed by atoms with Crippen LogP contribution in [0.4, 0.5) is 56.6 Å². The Morgan fingerprint density at radius 1 is 0.386 bits per heavy atom. The van der Waals surface area contributed by atoms with Gasteiger partial charge in [-0.2, -0.15) is 47.9 Å². The van der Waals surface area contributed by atoms with Crippen molar-refractivity contribution in [2.75, 3.05) is 32.5 Å². The number of aromatic amines is 3. The summed E-state index contributed by atoms with van der Waals surface area (Å²) in [5.74, 6) is -1.87. The van der Waals surface area contributed by atoms with Crippen LogP contribution in [0.2, 0.25) is 0 Å². The number of H-pyrrole nitrogens is 3. The van der Waals surface area contributed by atoms with Crippen molar-refractivity contribution < 1.29 is 78.3 Å². The minimum Gasteiger partial charge on any atom is -0.296 e. The summed E-state index contributed by atoms with van der Waals surface area (Å²) in [6.45, 7) is 0.656. The first-order valence-corrected chi connectivity index (χ1v) is 34.7. The molecule has 0 radical (unpaired) electrons. The Morgan fingerprint density at radius 3 is 1.15 bits per heavy atom. The smallest absolute Gasteiger partial charge is 0.296 e. The van der Waals surface area contributed by atoms with Crippen LogP contribution in [0.1, 0.15) is 33.4 Å². The maximum atomic E-state index is 13.2. The fraction of sp³-hybridized carbons (Fsp3) is 0.138. The largest absolute Gasteiger partial charge is 0.439 e. The lowest BCUT2D eigenvalue weighted by Crippen LogP contribution is -2.29. The van der Waals surface area contributed by atoms with E-state index < -0.39 is 82.6 Å². The molecule has 0 saturated heterocycles. The maximum absolute atomic E-state index is 13.2. The highest BCUT2D eigenvalue weighted by Crippen LogP contribution is 2.42. The molecule has 0 amide bonds. The van der Waals surface area contributed by atoms with Crippen LogP contribution in [-0.4, -0.2) is 85.3 Å². The van der Waals surface area contributed by atoms with Crippen molar-refractivity contribution in [3.05, 3.63) is 241 Å². The fourth-order valence-electron chi connectivity index (χ4n) is 11.3. The molecular weight excluding hydrogens is 1430 g/mol. The summed E-state index contributed by atoms with van der Waals surface area (Å²) in [6.07, 6.45) is -9.42. The normalized spacial score (nSPS) is 13.9. The van der Waals surface area contributed by atoms with E-state index in [1.807, 2.05) is 0 Å². The van der Waals surface area contributed by atoms with Crippen LogP contribution in [0, 0.1) is 0 Å². The number of rotatable bonds is 12. The molecule has 3 N–H and O–H groups in total. The van der Waals surface area contributed by atoms with E-state index in [1.165, 1.54) is 98.1 Å². The molecule has 9 heterocycles. The molecule has 0 bridgehead atoms. The number of pyridine rings is 2. The van der Waals surface area contributed by atoms with Gasteiger partial charge in [0.2, 0.25) is 5.82 Å². The first kappa shape index (κ1) is 68.3. The number of alkyl halides is 9. The predicted molar refractivity (Wildman–Crippen MR) is 346 cm³/mol. The van der Waals surface area contributed by atoms with Crippen molar-refractivity contribution in [3.8, 4) is 67.0 Å². The van der Waals surface area contributed by atoms with Crippen LogP contribution in [0.25, 0.3) is 67.0 Å². The Kier molecular flexibility index (Phi) is 17.7. The predicted octanol–water partition coefficient (Wildman–Crippen LogP) is 12.3. The Labute approximate surface area is 567 Å². The zero-order chi connectivity index (χ0) is 71.6. The van der Waals surface area contributed by atoms with Crippen molar-refractivity contribution in [2.24, 2.45) is 0 Å². The minimum atomic E-state index is -4.41. The highest BCUT2D eigenvalue weighted by atomic mass is 32.2. The summed E-state index contributed by atoms with van der Waals surface area (Å²) >= 11 is 0.957. The molecule has 101 heavy (non-hydrogen) atoms. The van der Waals surface area contributed by atoms with Crippen molar-refractivity contribution in [1.29, 1.82) is 0 Å². The van der Waals surface area contributed by atoms with Gasteiger partial charge in [0.15, 0.2) is 16.7 Å². The van der Waals surface area contributed by atoms with E-state index >= 15 is 0 Å². The number of nitrogens with zero attached hydrogens (tertiary/aromatic N) is 8. The third-order valence-corrected chi connectivity index (χ3v) is 23.1. The van der Waals surface area contributed by atoms with Gasteiger partial charge in [0, 0.05) is 37.6 Å². The number of benzene rings is 6. The number of nitrogens with one attached hydrogen (secondary N) is 3. The average molecular weight is 1470 g/mol. The monoisotopic (exact) mass is 1470 g/mol. The Hall–Kier alpha value is -11.2. The SMILES string of the molecule is O=c1[nH]c(-c2ccc(S(=O)(=O)N3CCc4cc(-c5ccc(C(F)(F)F)cc5)ccc43)cn2)no1.O=c1[nH]c(-c2ccc(S(=O)(=O)N3CCc4cc(-c5ccc(C(F)(F)F)cc5)ccc43)nc2)no1.O=c1[nH]c(-c2ccc(S(=O)(=O)N3CCc4cc(-c5ccc(C(F)(F)F)cc5)ccc43)s2)no1. The molecule has 12 aromatic rings. The lowest BCUT2D eigenvalue weighted by atomic mass is 10.0. The van der Waals surface area contributed by atoms with Gasteiger partial charge in [0.05, 0.1) is 38.6 Å². The Morgan fingerprint density at radius 2 is 0.772 bits per heavy atom. The summed E-state index contributed by atoms with van der Waals surface area (Å²) in [7, 11) is -11.7. The summed E-state index contributed by atoms with van der Waals surface area (Å²) in [5.41, 5.74) is 6.16. The topological polar surface area (TPSA) is 315 Å². The third-order valence-electron chi connectivity index (χ3n) is 16.2. The van der Waals surface area contributed by atoms with E-state index in [0.29, 0.717) is 80.1 Å². The van der Waals surface area contributed by atoms with Gasteiger partial charge in [-0.3, -0.25) is 46.4 Å².